The maximum absolute atomic E-state index is 13.6. The van der Waals surface area contributed by atoms with Crippen LogP contribution < -0.4 is 4.74 Å². The van der Waals surface area contributed by atoms with Gasteiger partial charge in [-0.1, -0.05) is 49.0 Å². The monoisotopic (exact) mass is 373 g/mol. The topological polar surface area (TPSA) is 46.6 Å². The summed E-state index contributed by atoms with van der Waals surface area (Å²) in [6.07, 6.45) is 1.27. The zero-order valence-corrected chi connectivity index (χ0v) is 15.3. The van der Waals surface area contributed by atoms with Gasteiger partial charge in [0.05, 0.1) is 5.25 Å². The number of carbonyl (C=O) groups is 2. The predicted molar refractivity (Wildman–Crippen MR) is 99.7 cm³/mol. The third kappa shape index (κ3) is 4.25. The van der Waals surface area contributed by atoms with Crippen molar-refractivity contribution < 1.29 is 18.7 Å². The van der Waals surface area contributed by atoms with Crippen LogP contribution in [0.5, 0.6) is 5.75 Å². The second kappa shape index (κ2) is 8.36. The van der Waals surface area contributed by atoms with E-state index in [0.29, 0.717) is 24.3 Å². The van der Waals surface area contributed by atoms with Gasteiger partial charge in [0.2, 0.25) is 5.91 Å². The molecule has 1 heterocycles. The van der Waals surface area contributed by atoms with Gasteiger partial charge in [0.25, 0.3) is 5.24 Å². The number of ether oxygens (including phenoxy) is 1. The van der Waals surface area contributed by atoms with E-state index < -0.39 is 0 Å². The largest absolute Gasteiger partial charge is 0.489 e. The van der Waals surface area contributed by atoms with Crippen molar-refractivity contribution in [1.29, 1.82) is 0 Å². The minimum atomic E-state index is -0.362. The summed E-state index contributed by atoms with van der Waals surface area (Å²) in [6, 6.07) is 13.8. The molecule has 0 saturated carbocycles. The fraction of sp³-hybridized carbons (Fsp3) is 0.300. The molecular formula is C20H20FNO3S. The third-order valence-electron chi connectivity index (χ3n) is 4.15. The second-order valence-corrected chi connectivity index (χ2v) is 7.24. The Morgan fingerprint density at radius 2 is 1.85 bits per heavy atom. The van der Waals surface area contributed by atoms with E-state index in [1.807, 2.05) is 19.1 Å². The Hall–Kier alpha value is -2.34. The molecule has 6 heteroatoms. The summed E-state index contributed by atoms with van der Waals surface area (Å²) in [5, 5.41) is -0.522. The number of carbonyl (C=O) groups excluding carboxylic acids is 2. The molecule has 0 aromatic heterocycles. The number of hydrogen-bond donors (Lipinski definition) is 0. The van der Waals surface area contributed by atoms with Gasteiger partial charge in [-0.2, -0.15) is 0 Å². The fourth-order valence-corrected chi connectivity index (χ4v) is 3.82. The first-order chi connectivity index (χ1) is 12.6. The summed E-state index contributed by atoms with van der Waals surface area (Å²) in [4.78, 5) is 25.5. The standard InChI is InChI=1S/C20H20FNO3S/c1-2-11-22-19(23)18(26-20(22)24)12-14-7-9-16(10-8-14)25-13-15-5-3-4-6-17(15)21/h3-10,18H,2,11-13H2,1H3/t18-/m1/s1. The number of amides is 2. The molecule has 4 nitrogen and oxygen atoms in total. The van der Waals surface area contributed by atoms with Crippen molar-refractivity contribution in [2.24, 2.45) is 0 Å². The molecule has 1 aliphatic rings. The molecule has 2 aromatic carbocycles. The molecular weight excluding hydrogens is 353 g/mol. The molecule has 2 amide bonds. The van der Waals surface area contributed by atoms with Crippen LogP contribution in [0.1, 0.15) is 24.5 Å². The normalized spacial score (nSPS) is 17.0. The van der Waals surface area contributed by atoms with E-state index in [1.165, 1.54) is 11.0 Å². The van der Waals surface area contributed by atoms with Crippen LogP contribution >= 0.6 is 11.8 Å². The van der Waals surface area contributed by atoms with Crippen LogP contribution in [-0.4, -0.2) is 27.8 Å². The van der Waals surface area contributed by atoms with Crippen molar-refractivity contribution in [3.63, 3.8) is 0 Å². The SMILES string of the molecule is CCCN1C(=O)S[C@H](Cc2ccc(OCc3ccccc3F)cc2)C1=O. The van der Waals surface area contributed by atoms with Crippen LogP contribution in [0.2, 0.25) is 0 Å². The highest BCUT2D eigenvalue weighted by atomic mass is 32.2. The molecule has 3 rings (SSSR count). The lowest BCUT2D eigenvalue weighted by Crippen LogP contribution is -2.32. The summed E-state index contributed by atoms with van der Waals surface area (Å²) < 4.78 is 19.2. The molecule has 1 aliphatic heterocycles. The maximum Gasteiger partial charge on any atom is 0.289 e. The lowest BCUT2D eigenvalue weighted by Gasteiger charge is -2.12. The Kier molecular flexibility index (Phi) is 5.93. The van der Waals surface area contributed by atoms with E-state index in [2.05, 4.69) is 0 Å². The maximum atomic E-state index is 13.6. The number of nitrogens with zero attached hydrogens (tertiary/aromatic N) is 1. The van der Waals surface area contributed by atoms with Crippen molar-refractivity contribution >= 4 is 22.9 Å². The Morgan fingerprint density at radius 1 is 1.12 bits per heavy atom. The smallest absolute Gasteiger partial charge is 0.289 e. The van der Waals surface area contributed by atoms with Crippen molar-refractivity contribution in [3.05, 3.63) is 65.5 Å². The molecule has 0 N–H and O–H groups in total. The fourth-order valence-electron chi connectivity index (χ4n) is 2.77. The highest BCUT2D eigenvalue weighted by molar-refractivity contribution is 8.15. The summed E-state index contributed by atoms with van der Waals surface area (Å²) in [5.74, 6) is 0.231. The predicted octanol–water partition coefficient (Wildman–Crippen LogP) is 4.42. The highest BCUT2D eigenvalue weighted by Crippen LogP contribution is 2.30. The van der Waals surface area contributed by atoms with Crippen LogP contribution in [0.25, 0.3) is 0 Å². The van der Waals surface area contributed by atoms with Crippen LogP contribution in [0.4, 0.5) is 9.18 Å². The van der Waals surface area contributed by atoms with Gasteiger partial charge in [0, 0.05) is 12.1 Å². The van der Waals surface area contributed by atoms with Gasteiger partial charge < -0.3 is 4.74 Å². The van der Waals surface area contributed by atoms with Gasteiger partial charge in [-0.05, 0) is 36.6 Å². The van der Waals surface area contributed by atoms with Crippen molar-refractivity contribution in [1.82, 2.24) is 4.90 Å². The van der Waals surface area contributed by atoms with E-state index in [-0.39, 0.29) is 28.8 Å². The highest BCUT2D eigenvalue weighted by Gasteiger charge is 2.38. The lowest BCUT2D eigenvalue weighted by atomic mass is 10.1. The first-order valence-electron chi connectivity index (χ1n) is 8.55. The molecule has 1 atom stereocenters. The molecule has 0 bridgehead atoms. The van der Waals surface area contributed by atoms with E-state index >= 15 is 0 Å². The number of hydrogen-bond acceptors (Lipinski definition) is 4. The van der Waals surface area contributed by atoms with Gasteiger partial charge in [0.1, 0.15) is 18.2 Å². The van der Waals surface area contributed by atoms with E-state index in [0.717, 1.165) is 23.7 Å². The van der Waals surface area contributed by atoms with Crippen molar-refractivity contribution in [2.75, 3.05) is 6.54 Å². The number of imide groups is 1. The van der Waals surface area contributed by atoms with E-state index in [9.17, 15) is 14.0 Å². The molecule has 0 radical (unpaired) electrons. The van der Waals surface area contributed by atoms with Crippen LogP contribution in [0.15, 0.2) is 48.5 Å². The number of benzene rings is 2. The first kappa shape index (κ1) is 18.5. The summed E-state index contributed by atoms with van der Waals surface area (Å²) in [6.45, 7) is 2.58. The molecule has 136 valence electrons. The first-order valence-corrected chi connectivity index (χ1v) is 9.43. The number of halogens is 1. The number of rotatable bonds is 7. The van der Waals surface area contributed by atoms with E-state index in [4.69, 9.17) is 4.74 Å². The minimum absolute atomic E-state index is 0.110. The Bertz CT molecular complexity index is 794. The Balaban J connectivity index is 1.57. The summed E-state index contributed by atoms with van der Waals surface area (Å²) in [5.41, 5.74) is 1.46. The average Bonchev–Trinajstić information content (AvgIpc) is 2.90. The van der Waals surface area contributed by atoms with Crippen molar-refractivity contribution in [3.8, 4) is 5.75 Å². The van der Waals surface area contributed by atoms with Crippen LogP contribution in [0, 0.1) is 5.82 Å². The van der Waals surface area contributed by atoms with E-state index in [1.54, 1.807) is 30.3 Å². The lowest BCUT2D eigenvalue weighted by molar-refractivity contribution is -0.126. The third-order valence-corrected chi connectivity index (χ3v) is 5.22. The summed E-state index contributed by atoms with van der Waals surface area (Å²) >= 11 is 1.09. The second-order valence-electron chi connectivity index (χ2n) is 6.09. The van der Waals surface area contributed by atoms with Gasteiger partial charge in [-0.15, -0.1) is 0 Å². The van der Waals surface area contributed by atoms with Crippen LogP contribution in [-0.2, 0) is 17.8 Å². The quantitative estimate of drug-likeness (QED) is 0.721. The molecule has 2 aromatic rings. The molecule has 0 spiro atoms. The molecule has 26 heavy (non-hydrogen) atoms. The average molecular weight is 373 g/mol. The van der Waals surface area contributed by atoms with Gasteiger partial charge >= 0.3 is 0 Å². The zero-order valence-electron chi connectivity index (χ0n) is 14.5. The molecule has 0 unspecified atom stereocenters. The van der Waals surface area contributed by atoms with Gasteiger partial charge in [-0.3, -0.25) is 14.5 Å². The molecule has 0 aliphatic carbocycles. The number of thioether (sulfide) groups is 1. The zero-order chi connectivity index (χ0) is 18.5. The van der Waals surface area contributed by atoms with Gasteiger partial charge in [-0.25, -0.2) is 4.39 Å². The minimum Gasteiger partial charge on any atom is -0.489 e. The Labute approximate surface area is 156 Å². The van der Waals surface area contributed by atoms with Crippen molar-refractivity contribution in [2.45, 2.75) is 31.6 Å². The Morgan fingerprint density at radius 3 is 2.54 bits per heavy atom. The molecule has 1 fully saturated rings. The van der Waals surface area contributed by atoms with Crippen LogP contribution in [0.3, 0.4) is 0 Å². The summed E-state index contributed by atoms with van der Waals surface area (Å²) in [7, 11) is 0. The molecule has 1 saturated heterocycles. The van der Waals surface area contributed by atoms with Gasteiger partial charge in [0.15, 0.2) is 0 Å².